The molecule has 0 atom stereocenters. The molecule has 72 valence electrons. The highest BCUT2D eigenvalue weighted by Gasteiger charge is 2.27. The van der Waals surface area contributed by atoms with Crippen LogP contribution in [0.15, 0.2) is 0 Å². The fourth-order valence-corrected chi connectivity index (χ4v) is 1.45. The van der Waals surface area contributed by atoms with Crippen LogP contribution >= 0.6 is 0 Å². The highest BCUT2D eigenvalue weighted by molar-refractivity contribution is 5.92. The van der Waals surface area contributed by atoms with E-state index in [4.69, 9.17) is 6.42 Å². The molecule has 13 heavy (non-hydrogen) atoms. The van der Waals surface area contributed by atoms with E-state index in [1.807, 2.05) is 5.92 Å². The lowest BCUT2D eigenvalue weighted by molar-refractivity contribution is -0.127. The first-order valence-electron chi connectivity index (χ1n) is 4.19. The third-order valence-corrected chi connectivity index (χ3v) is 2.31. The van der Waals surface area contributed by atoms with Gasteiger partial charge in [-0.3, -0.25) is 4.79 Å². The van der Waals surface area contributed by atoms with E-state index in [0.717, 1.165) is 0 Å². The van der Waals surface area contributed by atoms with Gasteiger partial charge in [0, 0.05) is 19.0 Å². The normalized spacial score (nSPS) is 18.8. The molecule has 1 heterocycles. The maximum atomic E-state index is 12.2. The zero-order valence-corrected chi connectivity index (χ0v) is 7.17. The van der Waals surface area contributed by atoms with Crippen LogP contribution in [0.3, 0.4) is 0 Å². The second-order valence-electron chi connectivity index (χ2n) is 3.11. The summed E-state index contributed by atoms with van der Waals surface area (Å²) in [5.41, 5.74) is 0. The van der Waals surface area contributed by atoms with E-state index in [1.165, 1.54) is 4.90 Å². The van der Waals surface area contributed by atoms with E-state index in [9.17, 15) is 13.6 Å². The van der Waals surface area contributed by atoms with Gasteiger partial charge >= 0.3 is 0 Å². The summed E-state index contributed by atoms with van der Waals surface area (Å²) in [6.45, 7) is 0.718. The predicted octanol–water partition coefficient (Wildman–Crippen LogP) is 1.12. The van der Waals surface area contributed by atoms with Gasteiger partial charge in [0.2, 0.25) is 6.43 Å². The van der Waals surface area contributed by atoms with Crippen LogP contribution < -0.4 is 0 Å². The summed E-state index contributed by atoms with van der Waals surface area (Å²) in [6.07, 6.45) is 3.34. The second-order valence-corrected chi connectivity index (χ2v) is 3.11. The number of hydrogen-bond donors (Lipinski definition) is 0. The molecule has 0 aromatic carbocycles. The molecule has 0 aromatic rings. The number of piperidine rings is 1. The number of hydrogen-bond acceptors (Lipinski definition) is 1. The van der Waals surface area contributed by atoms with Crippen molar-refractivity contribution in [3.8, 4) is 12.3 Å². The van der Waals surface area contributed by atoms with Crippen molar-refractivity contribution in [2.24, 2.45) is 5.92 Å². The topological polar surface area (TPSA) is 20.3 Å². The number of terminal acetylenes is 1. The Morgan fingerprint density at radius 3 is 2.38 bits per heavy atom. The highest BCUT2D eigenvalue weighted by Crippen LogP contribution is 2.23. The average Bonchev–Trinajstić information content (AvgIpc) is 2.17. The number of likely N-dealkylation sites (tertiary alicyclic amines) is 1. The maximum absolute atomic E-state index is 12.2. The van der Waals surface area contributed by atoms with E-state index in [-0.39, 0.29) is 0 Å². The molecule has 0 spiro atoms. The van der Waals surface area contributed by atoms with Crippen molar-refractivity contribution in [1.29, 1.82) is 0 Å². The third-order valence-electron chi connectivity index (χ3n) is 2.31. The summed E-state index contributed by atoms with van der Waals surface area (Å²) in [7, 11) is 0. The number of halogens is 2. The van der Waals surface area contributed by atoms with Gasteiger partial charge in [-0.25, -0.2) is 8.78 Å². The van der Waals surface area contributed by atoms with Crippen LogP contribution in [0.4, 0.5) is 8.78 Å². The molecular formula is C9H11F2NO. The monoisotopic (exact) mass is 187 g/mol. The summed E-state index contributed by atoms with van der Waals surface area (Å²) < 4.78 is 24.4. The van der Waals surface area contributed by atoms with Gasteiger partial charge in [-0.05, 0) is 18.8 Å². The largest absolute Gasteiger partial charge is 0.332 e. The third kappa shape index (κ3) is 2.41. The molecule has 1 rings (SSSR count). The minimum atomic E-state index is -2.27. The van der Waals surface area contributed by atoms with Gasteiger partial charge in [-0.2, -0.15) is 0 Å². The van der Waals surface area contributed by atoms with Crippen LogP contribution in [0.25, 0.3) is 0 Å². The average molecular weight is 187 g/mol. The molecule has 1 amide bonds. The van der Waals surface area contributed by atoms with Crippen molar-refractivity contribution >= 4 is 5.91 Å². The summed E-state index contributed by atoms with van der Waals surface area (Å²) in [5, 5.41) is 0. The zero-order valence-electron chi connectivity index (χ0n) is 7.17. The molecule has 0 bridgehead atoms. The molecule has 0 aliphatic carbocycles. The van der Waals surface area contributed by atoms with E-state index in [2.05, 4.69) is 0 Å². The Morgan fingerprint density at radius 2 is 2.00 bits per heavy atom. The number of nitrogens with zero attached hydrogens (tertiary/aromatic N) is 1. The summed E-state index contributed by atoms with van der Waals surface area (Å²) in [6, 6.07) is 0. The molecule has 2 nitrogen and oxygen atoms in total. The van der Waals surface area contributed by atoms with Crippen molar-refractivity contribution in [1.82, 2.24) is 4.90 Å². The molecule has 1 aliphatic heterocycles. The van der Waals surface area contributed by atoms with Crippen LogP contribution in [0, 0.1) is 18.3 Å². The van der Waals surface area contributed by atoms with Crippen molar-refractivity contribution < 1.29 is 13.6 Å². The first-order valence-corrected chi connectivity index (χ1v) is 4.19. The second kappa shape index (κ2) is 4.22. The fourth-order valence-electron chi connectivity index (χ4n) is 1.45. The Labute approximate surface area is 75.9 Å². The SMILES string of the molecule is C#CC(=O)N1CCC(C(F)F)CC1. The number of amides is 1. The predicted molar refractivity (Wildman–Crippen MR) is 44.1 cm³/mol. The lowest BCUT2D eigenvalue weighted by Gasteiger charge is -2.30. The fraction of sp³-hybridized carbons (Fsp3) is 0.667. The standard InChI is InChI=1S/C9H11F2NO/c1-2-8(13)12-5-3-7(4-6-12)9(10)11/h1,7,9H,3-6H2. The molecule has 0 aromatic heterocycles. The first kappa shape index (κ1) is 9.97. The van der Waals surface area contributed by atoms with Crippen LogP contribution in [0.2, 0.25) is 0 Å². The quantitative estimate of drug-likeness (QED) is 0.563. The minimum absolute atomic E-state index is 0.352. The van der Waals surface area contributed by atoms with Gasteiger partial charge in [0.25, 0.3) is 5.91 Å². The van der Waals surface area contributed by atoms with E-state index in [1.54, 1.807) is 0 Å². The van der Waals surface area contributed by atoms with Crippen molar-refractivity contribution in [2.45, 2.75) is 19.3 Å². The van der Waals surface area contributed by atoms with Gasteiger partial charge in [0.1, 0.15) is 0 Å². The van der Waals surface area contributed by atoms with E-state index < -0.39 is 18.3 Å². The van der Waals surface area contributed by atoms with E-state index in [0.29, 0.717) is 25.9 Å². The first-order chi connectivity index (χ1) is 6.15. The van der Waals surface area contributed by atoms with Gasteiger partial charge < -0.3 is 4.90 Å². The van der Waals surface area contributed by atoms with Gasteiger partial charge in [-0.15, -0.1) is 6.42 Å². The zero-order chi connectivity index (χ0) is 9.84. The number of rotatable bonds is 1. The van der Waals surface area contributed by atoms with Crippen LogP contribution in [-0.2, 0) is 4.79 Å². The van der Waals surface area contributed by atoms with Crippen molar-refractivity contribution in [3.05, 3.63) is 0 Å². The van der Waals surface area contributed by atoms with Crippen LogP contribution in [-0.4, -0.2) is 30.3 Å². The highest BCUT2D eigenvalue weighted by atomic mass is 19.3. The summed E-state index contributed by atoms with van der Waals surface area (Å²) in [4.78, 5) is 12.4. The summed E-state index contributed by atoms with van der Waals surface area (Å²) >= 11 is 0. The molecule has 1 saturated heterocycles. The molecule has 0 radical (unpaired) electrons. The molecule has 0 N–H and O–H groups in total. The molecule has 0 unspecified atom stereocenters. The van der Waals surface area contributed by atoms with Crippen molar-refractivity contribution in [2.75, 3.05) is 13.1 Å². The smallest absolute Gasteiger partial charge is 0.298 e. The molecule has 1 aliphatic rings. The molecule has 1 fully saturated rings. The van der Waals surface area contributed by atoms with Gasteiger partial charge in [0.15, 0.2) is 0 Å². The number of alkyl halides is 2. The maximum Gasteiger partial charge on any atom is 0.298 e. The Kier molecular flexibility index (Phi) is 3.24. The molecular weight excluding hydrogens is 176 g/mol. The Morgan fingerprint density at radius 1 is 1.46 bits per heavy atom. The van der Waals surface area contributed by atoms with E-state index >= 15 is 0 Å². The molecule has 4 heteroatoms. The number of carbonyl (C=O) groups is 1. The van der Waals surface area contributed by atoms with Crippen LogP contribution in [0.5, 0.6) is 0 Å². The lowest BCUT2D eigenvalue weighted by atomic mass is 9.97. The van der Waals surface area contributed by atoms with Gasteiger partial charge in [-0.1, -0.05) is 0 Å². The molecule has 0 saturated carbocycles. The van der Waals surface area contributed by atoms with Crippen LogP contribution in [0.1, 0.15) is 12.8 Å². The Bertz CT molecular complexity index is 226. The summed E-state index contributed by atoms with van der Waals surface area (Å²) in [5.74, 6) is 1.01. The van der Waals surface area contributed by atoms with Gasteiger partial charge in [0.05, 0.1) is 0 Å². The van der Waals surface area contributed by atoms with Crippen molar-refractivity contribution in [3.63, 3.8) is 0 Å². The lowest BCUT2D eigenvalue weighted by Crippen LogP contribution is -2.39. The number of carbonyl (C=O) groups excluding carboxylic acids is 1. The Balaban J connectivity index is 2.40. The Hall–Kier alpha value is -1.11. The minimum Gasteiger partial charge on any atom is -0.332 e.